The summed E-state index contributed by atoms with van der Waals surface area (Å²) in [5.74, 6) is -0.208. The van der Waals surface area contributed by atoms with Crippen LogP contribution in [0.3, 0.4) is 0 Å². The maximum absolute atomic E-state index is 12.4. The molecule has 0 saturated carbocycles. The summed E-state index contributed by atoms with van der Waals surface area (Å²) < 4.78 is 1.49. The molecular formula is C23H21N5O2S. The highest BCUT2D eigenvalue weighted by Gasteiger charge is 2.11. The van der Waals surface area contributed by atoms with E-state index in [0.717, 1.165) is 10.4 Å². The molecule has 0 spiro atoms. The molecule has 4 rings (SSSR count). The standard InChI is InChI=1S/C23H21N5O2S/c24-19-10-8-17(22-7-4-12-31-22)13-20(19)25-23(30)11-9-18-14-28(27-26-18)15-21(29)16-5-2-1-3-6-16/h1-8,10,12-14H,9,11,15,24H2,(H,25,30). The zero-order chi connectivity index (χ0) is 21.6. The first-order valence-corrected chi connectivity index (χ1v) is 10.7. The number of anilines is 2. The number of hydrogen-bond acceptors (Lipinski definition) is 6. The number of nitrogens with zero attached hydrogens (tertiary/aromatic N) is 3. The fourth-order valence-corrected chi connectivity index (χ4v) is 3.83. The molecule has 3 N–H and O–H groups in total. The lowest BCUT2D eigenvalue weighted by Crippen LogP contribution is -2.13. The number of amides is 1. The third-order valence-corrected chi connectivity index (χ3v) is 5.65. The Morgan fingerprint density at radius 3 is 2.68 bits per heavy atom. The molecule has 0 bridgehead atoms. The third-order valence-electron chi connectivity index (χ3n) is 4.73. The van der Waals surface area contributed by atoms with Gasteiger partial charge in [0.1, 0.15) is 6.54 Å². The monoisotopic (exact) mass is 431 g/mol. The topological polar surface area (TPSA) is 103 Å². The fourth-order valence-electron chi connectivity index (χ4n) is 3.11. The number of carbonyl (C=O) groups excluding carboxylic acids is 2. The number of carbonyl (C=O) groups is 2. The van der Waals surface area contributed by atoms with Gasteiger partial charge in [-0.1, -0.05) is 47.7 Å². The zero-order valence-corrected chi connectivity index (χ0v) is 17.5. The first-order valence-electron chi connectivity index (χ1n) is 9.79. The van der Waals surface area contributed by atoms with Gasteiger partial charge in [0.05, 0.1) is 17.1 Å². The number of benzene rings is 2. The van der Waals surface area contributed by atoms with E-state index in [1.165, 1.54) is 4.68 Å². The molecule has 4 aromatic rings. The molecule has 0 radical (unpaired) electrons. The molecule has 0 fully saturated rings. The van der Waals surface area contributed by atoms with Crippen molar-refractivity contribution >= 4 is 34.4 Å². The van der Waals surface area contributed by atoms with Crippen LogP contribution in [0.4, 0.5) is 11.4 Å². The van der Waals surface area contributed by atoms with Crippen LogP contribution in [0.1, 0.15) is 22.5 Å². The molecule has 2 aromatic heterocycles. The van der Waals surface area contributed by atoms with E-state index in [9.17, 15) is 9.59 Å². The SMILES string of the molecule is Nc1ccc(-c2cccs2)cc1NC(=O)CCc1cn(CC(=O)c2ccccc2)nn1. The van der Waals surface area contributed by atoms with E-state index in [4.69, 9.17) is 5.73 Å². The quantitative estimate of drug-likeness (QED) is 0.324. The summed E-state index contributed by atoms with van der Waals surface area (Å²) in [5.41, 5.74) is 9.41. The molecule has 1 amide bonds. The van der Waals surface area contributed by atoms with Gasteiger partial charge < -0.3 is 11.1 Å². The number of rotatable bonds is 8. The highest BCUT2D eigenvalue weighted by Crippen LogP contribution is 2.30. The van der Waals surface area contributed by atoms with Crippen molar-refractivity contribution in [3.63, 3.8) is 0 Å². The molecule has 2 heterocycles. The van der Waals surface area contributed by atoms with Crippen LogP contribution in [0.5, 0.6) is 0 Å². The molecule has 2 aromatic carbocycles. The fraction of sp³-hybridized carbons (Fsp3) is 0.130. The van der Waals surface area contributed by atoms with Crippen molar-refractivity contribution < 1.29 is 9.59 Å². The summed E-state index contributed by atoms with van der Waals surface area (Å²) in [6.45, 7) is 0.106. The van der Waals surface area contributed by atoms with Crippen molar-refractivity contribution in [2.24, 2.45) is 0 Å². The number of ketones is 1. The second-order valence-electron chi connectivity index (χ2n) is 7.02. The van der Waals surface area contributed by atoms with Gasteiger partial charge in [-0.2, -0.15) is 0 Å². The Morgan fingerprint density at radius 1 is 1.06 bits per heavy atom. The van der Waals surface area contributed by atoms with E-state index in [1.54, 1.807) is 35.7 Å². The molecule has 156 valence electrons. The van der Waals surface area contributed by atoms with Crippen LogP contribution < -0.4 is 11.1 Å². The van der Waals surface area contributed by atoms with E-state index in [-0.39, 0.29) is 24.7 Å². The lowest BCUT2D eigenvalue weighted by molar-refractivity contribution is -0.116. The van der Waals surface area contributed by atoms with E-state index < -0.39 is 0 Å². The first-order chi connectivity index (χ1) is 15.1. The molecule has 0 aliphatic carbocycles. The number of nitrogens with one attached hydrogen (secondary N) is 1. The van der Waals surface area contributed by atoms with Gasteiger partial charge in [-0.3, -0.25) is 9.59 Å². The van der Waals surface area contributed by atoms with E-state index in [2.05, 4.69) is 15.6 Å². The Bertz CT molecular complexity index is 1190. The van der Waals surface area contributed by atoms with Gasteiger partial charge in [0.15, 0.2) is 5.78 Å². The second-order valence-corrected chi connectivity index (χ2v) is 7.97. The largest absolute Gasteiger partial charge is 0.397 e. The zero-order valence-electron chi connectivity index (χ0n) is 16.7. The number of Topliss-reactive ketones (excluding diaryl/α,β-unsaturated/α-hetero) is 1. The Labute approximate surface area is 183 Å². The lowest BCUT2D eigenvalue weighted by Gasteiger charge is -2.09. The van der Waals surface area contributed by atoms with Crippen LogP contribution in [0.15, 0.2) is 72.2 Å². The average molecular weight is 432 g/mol. The Morgan fingerprint density at radius 2 is 1.90 bits per heavy atom. The van der Waals surface area contributed by atoms with Gasteiger partial charge in [-0.25, -0.2) is 4.68 Å². The molecule has 31 heavy (non-hydrogen) atoms. The molecular weight excluding hydrogens is 410 g/mol. The molecule has 0 aliphatic heterocycles. The van der Waals surface area contributed by atoms with Gasteiger partial charge in [-0.15, -0.1) is 16.4 Å². The van der Waals surface area contributed by atoms with E-state index in [1.807, 2.05) is 47.8 Å². The average Bonchev–Trinajstić information content (AvgIpc) is 3.47. The third kappa shape index (κ3) is 5.23. The summed E-state index contributed by atoms with van der Waals surface area (Å²) >= 11 is 1.63. The van der Waals surface area contributed by atoms with Crippen LogP contribution >= 0.6 is 11.3 Å². The summed E-state index contributed by atoms with van der Waals surface area (Å²) in [4.78, 5) is 25.8. The first kappa shape index (κ1) is 20.5. The Hall–Kier alpha value is -3.78. The van der Waals surface area contributed by atoms with Gasteiger partial charge in [0.2, 0.25) is 5.91 Å². The molecule has 0 atom stereocenters. The lowest BCUT2D eigenvalue weighted by atomic mass is 10.1. The number of thiophene rings is 1. The van der Waals surface area contributed by atoms with Gasteiger partial charge in [0, 0.05) is 29.5 Å². The van der Waals surface area contributed by atoms with E-state index >= 15 is 0 Å². The smallest absolute Gasteiger partial charge is 0.224 e. The van der Waals surface area contributed by atoms with E-state index in [0.29, 0.717) is 29.1 Å². The Kier molecular flexibility index (Phi) is 6.18. The molecule has 8 heteroatoms. The minimum Gasteiger partial charge on any atom is -0.397 e. The van der Waals surface area contributed by atoms with Crippen LogP contribution in [0.2, 0.25) is 0 Å². The number of aromatic nitrogens is 3. The summed E-state index contributed by atoms with van der Waals surface area (Å²) in [6.07, 6.45) is 2.34. The summed E-state index contributed by atoms with van der Waals surface area (Å²) in [5, 5.41) is 12.9. The number of hydrogen-bond donors (Lipinski definition) is 2. The minimum absolute atomic E-state index is 0.0455. The predicted octanol–water partition coefficient (Wildman–Crippen LogP) is 4.04. The molecule has 0 unspecified atom stereocenters. The maximum atomic E-state index is 12.4. The number of nitrogens with two attached hydrogens (primary N) is 1. The van der Waals surface area contributed by atoms with Crippen LogP contribution in [0, 0.1) is 0 Å². The number of nitrogen functional groups attached to an aromatic ring is 1. The summed E-state index contributed by atoms with van der Waals surface area (Å²) in [6, 6.07) is 18.6. The molecule has 0 aliphatic rings. The Balaban J connectivity index is 1.33. The van der Waals surface area contributed by atoms with Gasteiger partial charge in [-0.05, 0) is 29.1 Å². The van der Waals surface area contributed by atoms with Crippen molar-refractivity contribution in [1.82, 2.24) is 15.0 Å². The van der Waals surface area contributed by atoms with Crippen LogP contribution in [-0.4, -0.2) is 26.7 Å². The molecule has 7 nitrogen and oxygen atoms in total. The van der Waals surface area contributed by atoms with Crippen molar-refractivity contribution in [1.29, 1.82) is 0 Å². The number of aryl methyl sites for hydroxylation is 1. The highest BCUT2D eigenvalue weighted by atomic mass is 32.1. The minimum atomic E-state index is -0.162. The van der Waals surface area contributed by atoms with Crippen molar-refractivity contribution in [3.8, 4) is 10.4 Å². The second kappa shape index (κ2) is 9.36. The summed E-state index contributed by atoms with van der Waals surface area (Å²) in [7, 11) is 0. The van der Waals surface area contributed by atoms with Crippen LogP contribution in [-0.2, 0) is 17.8 Å². The molecule has 0 saturated heterocycles. The maximum Gasteiger partial charge on any atom is 0.224 e. The predicted molar refractivity (Wildman–Crippen MR) is 122 cm³/mol. The van der Waals surface area contributed by atoms with Crippen molar-refractivity contribution in [3.05, 3.63) is 83.5 Å². The van der Waals surface area contributed by atoms with Gasteiger partial charge in [0.25, 0.3) is 0 Å². The highest BCUT2D eigenvalue weighted by molar-refractivity contribution is 7.13. The van der Waals surface area contributed by atoms with Crippen LogP contribution in [0.25, 0.3) is 10.4 Å². The normalized spacial score (nSPS) is 10.7. The van der Waals surface area contributed by atoms with Crippen molar-refractivity contribution in [2.75, 3.05) is 11.1 Å². The van der Waals surface area contributed by atoms with Crippen molar-refractivity contribution in [2.45, 2.75) is 19.4 Å². The van der Waals surface area contributed by atoms with Gasteiger partial charge >= 0.3 is 0 Å².